The summed E-state index contributed by atoms with van der Waals surface area (Å²) in [5.74, 6) is 0.359. The van der Waals surface area contributed by atoms with Gasteiger partial charge in [-0.3, -0.25) is 4.79 Å². The zero-order valence-corrected chi connectivity index (χ0v) is 11.5. The van der Waals surface area contributed by atoms with Crippen molar-refractivity contribution in [3.8, 4) is 0 Å². The average molecular weight is 270 g/mol. The molecule has 1 aliphatic heterocycles. The van der Waals surface area contributed by atoms with Gasteiger partial charge in [-0.15, -0.1) is 0 Å². The van der Waals surface area contributed by atoms with Gasteiger partial charge in [-0.25, -0.2) is 0 Å². The van der Waals surface area contributed by atoms with E-state index in [1.165, 1.54) is 6.26 Å². The number of piperazine rings is 1. The second-order valence-corrected chi connectivity index (χ2v) is 5.17. The zero-order chi connectivity index (χ0) is 13.9. The molecule has 2 aromatic rings. The summed E-state index contributed by atoms with van der Waals surface area (Å²) in [5.41, 5.74) is 1.15. The molecule has 1 saturated heterocycles. The number of hydrogen-bond acceptors (Lipinski definition) is 3. The van der Waals surface area contributed by atoms with E-state index in [0.29, 0.717) is 12.3 Å². The van der Waals surface area contributed by atoms with Crippen LogP contribution in [0.15, 0.2) is 53.1 Å². The highest BCUT2D eigenvalue weighted by Crippen LogP contribution is 2.25. The number of nitrogens with zero attached hydrogens (tertiary/aromatic N) is 1. The number of rotatable bonds is 2. The van der Waals surface area contributed by atoms with E-state index in [1.807, 2.05) is 23.1 Å². The minimum atomic E-state index is -0.0443. The predicted molar refractivity (Wildman–Crippen MR) is 76.4 cm³/mol. The first kappa shape index (κ1) is 12.9. The highest BCUT2D eigenvalue weighted by Gasteiger charge is 2.32. The number of carbonyl (C=O) groups is 1. The van der Waals surface area contributed by atoms with Crippen molar-refractivity contribution < 1.29 is 9.21 Å². The molecular weight excluding hydrogens is 252 g/mol. The van der Waals surface area contributed by atoms with Gasteiger partial charge in [0.15, 0.2) is 5.76 Å². The van der Waals surface area contributed by atoms with Gasteiger partial charge < -0.3 is 14.6 Å². The summed E-state index contributed by atoms with van der Waals surface area (Å²) in [4.78, 5) is 14.5. The van der Waals surface area contributed by atoms with Crippen LogP contribution in [0.1, 0.15) is 29.1 Å². The largest absolute Gasteiger partial charge is 0.459 e. The van der Waals surface area contributed by atoms with E-state index in [-0.39, 0.29) is 18.0 Å². The molecule has 20 heavy (non-hydrogen) atoms. The summed E-state index contributed by atoms with van der Waals surface area (Å²) in [6.07, 6.45) is 1.54. The molecule has 1 aromatic heterocycles. The average Bonchev–Trinajstić information content (AvgIpc) is 3.01. The van der Waals surface area contributed by atoms with E-state index in [0.717, 1.165) is 12.1 Å². The molecule has 0 aliphatic carbocycles. The Bertz CT molecular complexity index is 565. The van der Waals surface area contributed by atoms with Gasteiger partial charge in [-0.1, -0.05) is 30.3 Å². The molecule has 1 amide bonds. The normalized spacial score (nSPS) is 22.8. The summed E-state index contributed by atoms with van der Waals surface area (Å²) in [5, 5.41) is 3.44. The zero-order valence-electron chi connectivity index (χ0n) is 11.5. The van der Waals surface area contributed by atoms with Crippen LogP contribution in [0.2, 0.25) is 0 Å². The van der Waals surface area contributed by atoms with Crippen molar-refractivity contribution >= 4 is 5.91 Å². The molecule has 4 nitrogen and oxygen atoms in total. The van der Waals surface area contributed by atoms with E-state index in [9.17, 15) is 4.79 Å². The maximum atomic E-state index is 12.6. The Labute approximate surface area is 118 Å². The van der Waals surface area contributed by atoms with Gasteiger partial charge >= 0.3 is 0 Å². The van der Waals surface area contributed by atoms with E-state index in [2.05, 4.69) is 24.4 Å². The van der Waals surface area contributed by atoms with Crippen LogP contribution in [0, 0.1) is 0 Å². The van der Waals surface area contributed by atoms with Crippen molar-refractivity contribution in [2.24, 2.45) is 0 Å². The summed E-state index contributed by atoms with van der Waals surface area (Å²) in [6, 6.07) is 13.9. The minimum Gasteiger partial charge on any atom is -0.459 e. The monoisotopic (exact) mass is 270 g/mol. The number of nitrogens with one attached hydrogen (secondary N) is 1. The first-order chi connectivity index (χ1) is 9.75. The molecule has 1 N–H and O–H groups in total. The maximum Gasteiger partial charge on any atom is 0.290 e. The van der Waals surface area contributed by atoms with Crippen molar-refractivity contribution in [2.75, 3.05) is 13.1 Å². The van der Waals surface area contributed by atoms with Gasteiger partial charge in [0.05, 0.1) is 12.3 Å². The second kappa shape index (κ2) is 5.51. The highest BCUT2D eigenvalue weighted by molar-refractivity contribution is 5.91. The molecule has 0 bridgehead atoms. The summed E-state index contributed by atoms with van der Waals surface area (Å²) >= 11 is 0. The van der Waals surface area contributed by atoms with Gasteiger partial charge in [-0.2, -0.15) is 0 Å². The second-order valence-electron chi connectivity index (χ2n) is 5.17. The summed E-state index contributed by atoms with van der Waals surface area (Å²) in [7, 11) is 0. The molecule has 1 aliphatic rings. The van der Waals surface area contributed by atoms with Gasteiger partial charge in [0.1, 0.15) is 0 Å². The third kappa shape index (κ3) is 2.47. The van der Waals surface area contributed by atoms with E-state index in [1.54, 1.807) is 12.1 Å². The van der Waals surface area contributed by atoms with Gasteiger partial charge in [-0.05, 0) is 24.6 Å². The first-order valence-electron chi connectivity index (χ1n) is 6.88. The van der Waals surface area contributed by atoms with E-state index in [4.69, 9.17) is 4.42 Å². The number of amides is 1. The molecule has 1 fully saturated rings. The predicted octanol–water partition coefficient (Wildman–Crippen LogP) is 2.45. The standard InChI is InChI=1S/C16H18N2O2/c1-12-11-18(16(19)15-8-5-9-20-15)14(10-17-12)13-6-3-2-4-7-13/h2-9,12,14,17H,10-11H2,1H3. The Morgan fingerprint density at radius 1 is 1.25 bits per heavy atom. The molecule has 4 heteroatoms. The van der Waals surface area contributed by atoms with Crippen LogP contribution < -0.4 is 5.32 Å². The first-order valence-corrected chi connectivity index (χ1v) is 6.88. The highest BCUT2D eigenvalue weighted by atomic mass is 16.3. The van der Waals surface area contributed by atoms with Crippen LogP contribution in [-0.4, -0.2) is 29.9 Å². The van der Waals surface area contributed by atoms with Crippen LogP contribution in [0.4, 0.5) is 0 Å². The molecule has 2 atom stereocenters. The molecule has 3 rings (SSSR count). The lowest BCUT2D eigenvalue weighted by Crippen LogP contribution is -2.53. The molecule has 0 spiro atoms. The fraction of sp³-hybridized carbons (Fsp3) is 0.312. The smallest absolute Gasteiger partial charge is 0.290 e. The summed E-state index contributed by atoms with van der Waals surface area (Å²) < 4.78 is 5.26. The minimum absolute atomic E-state index is 0.0443. The SMILES string of the molecule is CC1CN(C(=O)c2ccco2)C(c2ccccc2)CN1. The lowest BCUT2D eigenvalue weighted by atomic mass is 10.0. The Hall–Kier alpha value is -2.07. The van der Waals surface area contributed by atoms with Gasteiger partial charge in [0, 0.05) is 19.1 Å². The molecule has 2 heterocycles. The van der Waals surface area contributed by atoms with Crippen molar-refractivity contribution in [1.29, 1.82) is 0 Å². The molecule has 0 radical (unpaired) electrons. The third-order valence-electron chi connectivity index (χ3n) is 3.68. The van der Waals surface area contributed by atoms with Crippen LogP contribution in [-0.2, 0) is 0 Å². The van der Waals surface area contributed by atoms with E-state index < -0.39 is 0 Å². The van der Waals surface area contributed by atoms with Crippen LogP contribution >= 0.6 is 0 Å². The molecule has 2 unspecified atom stereocenters. The van der Waals surface area contributed by atoms with Crippen molar-refractivity contribution in [2.45, 2.75) is 19.0 Å². The molecule has 104 valence electrons. The third-order valence-corrected chi connectivity index (χ3v) is 3.68. The Morgan fingerprint density at radius 2 is 2.05 bits per heavy atom. The quantitative estimate of drug-likeness (QED) is 0.911. The van der Waals surface area contributed by atoms with Crippen LogP contribution in [0.25, 0.3) is 0 Å². The lowest BCUT2D eigenvalue weighted by molar-refractivity contribution is 0.0559. The van der Waals surface area contributed by atoms with Crippen molar-refractivity contribution in [3.05, 3.63) is 60.1 Å². The van der Waals surface area contributed by atoms with Crippen LogP contribution in [0.5, 0.6) is 0 Å². The number of hydrogen-bond donors (Lipinski definition) is 1. The van der Waals surface area contributed by atoms with E-state index >= 15 is 0 Å². The van der Waals surface area contributed by atoms with Crippen molar-refractivity contribution in [1.82, 2.24) is 10.2 Å². The Balaban J connectivity index is 1.89. The Kier molecular flexibility index (Phi) is 3.56. The fourth-order valence-corrected chi connectivity index (χ4v) is 2.65. The fourth-order valence-electron chi connectivity index (χ4n) is 2.65. The number of furan rings is 1. The molecular formula is C16H18N2O2. The topological polar surface area (TPSA) is 45.5 Å². The van der Waals surface area contributed by atoms with Crippen molar-refractivity contribution in [3.63, 3.8) is 0 Å². The number of carbonyl (C=O) groups excluding carboxylic acids is 1. The number of benzene rings is 1. The van der Waals surface area contributed by atoms with Gasteiger partial charge in [0.2, 0.25) is 0 Å². The van der Waals surface area contributed by atoms with Gasteiger partial charge in [0.25, 0.3) is 5.91 Å². The summed E-state index contributed by atoms with van der Waals surface area (Å²) in [6.45, 7) is 3.53. The Morgan fingerprint density at radius 3 is 2.75 bits per heavy atom. The maximum absolute atomic E-state index is 12.6. The lowest BCUT2D eigenvalue weighted by Gasteiger charge is -2.39. The molecule has 1 aromatic carbocycles. The van der Waals surface area contributed by atoms with Crippen LogP contribution in [0.3, 0.4) is 0 Å². The molecule has 0 saturated carbocycles.